The van der Waals surface area contributed by atoms with E-state index in [4.69, 9.17) is 10.5 Å². The Kier molecular flexibility index (Phi) is 7.37. The van der Waals surface area contributed by atoms with E-state index in [1.807, 2.05) is 18.2 Å². The van der Waals surface area contributed by atoms with Gasteiger partial charge in [0.1, 0.15) is 5.75 Å². The van der Waals surface area contributed by atoms with Gasteiger partial charge in [0.25, 0.3) is 0 Å². The maximum absolute atomic E-state index is 5.98. The second-order valence-electron chi connectivity index (χ2n) is 6.37. The topological polar surface area (TPSA) is 50.5 Å². The van der Waals surface area contributed by atoms with Crippen molar-refractivity contribution in [3.05, 3.63) is 18.2 Å². The molecule has 0 saturated carbocycles. The maximum Gasteiger partial charge on any atom is 0.123 e. The molecule has 0 heterocycles. The molecule has 0 aromatic heterocycles. The molecular formula is C17H31N3O. The van der Waals surface area contributed by atoms with Crippen LogP contribution in [-0.2, 0) is 0 Å². The second kappa shape index (κ2) is 8.78. The molecule has 0 fully saturated rings. The number of anilines is 2. The van der Waals surface area contributed by atoms with Crippen LogP contribution in [-0.4, -0.2) is 38.2 Å². The number of nitrogens with zero attached hydrogens (tertiary/aromatic N) is 1. The van der Waals surface area contributed by atoms with E-state index in [0.717, 1.165) is 43.1 Å². The van der Waals surface area contributed by atoms with Crippen LogP contribution in [0.1, 0.15) is 33.6 Å². The standard InChI is InChI=1S/C17H31N3O/c1-6-7-21-17-10-14(18)9-15(11-17)19-16(8-13(2)3)12-20(4)5/h9-11,13,16,19H,6-8,12,18H2,1-5H3. The predicted molar refractivity (Wildman–Crippen MR) is 92.1 cm³/mol. The van der Waals surface area contributed by atoms with Crippen LogP contribution >= 0.6 is 0 Å². The van der Waals surface area contributed by atoms with Gasteiger partial charge in [-0.15, -0.1) is 0 Å². The average Bonchev–Trinajstić information content (AvgIpc) is 2.33. The third kappa shape index (κ3) is 7.23. The lowest BCUT2D eigenvalue weighted by atomic mass is 10.0. The molecular weight excluding hydrogens is 262 g/mol. The summed E-state index contributed by atoms with van der Waals surface area (Å²) < 4.78 is 5.69. The zero-order chi connectivity index (χ0) is 15.8. The minimum atomic E-state index is 0.404. The van der Waals surface area contributed by atoms with Crippen molar-refractivity contribution in [2.45, 2.75) is 39.7 Å². The summed E-state index contributed by atoms with van der Waals surface area (Å²) in [6.07, 6.45) is 2.12. The molecule has 0 aliphatic rings. The average molecular weight is 293 g/mol. The fourth-order valence-corrected chi connectivity index (χ4v) is 2.43. The number of ether oxygens (including phenoxy) is 1. The van der Waals surface area contributed by atoms with Gasteiger partial charge in [-0.2, -0.15) is 0 Å². The lowest BCUT2D eigenvalue weighted by molar-refractivity contribution is 0.317. The summed E-state index contributed by atoms with van der Waals surface area (Å²) in [5.74, 6) is 1.49. The van der Waals surface area contributed by atoms with Crippen LogP contribution in [0.2, 0.25) is 0 Å². The van der Waals surface area contributed by atoms with Crippen molar-refractivity contribution < 1.29 is 4.74 Å². The van der Waals surface area contributed by atoms with Crippen LogP contribution in [0.15, 0.2) is 18.2 Å². The minimum absolute atomic E-state index is 0.404. The third-order valence-corrected chi connectivity index (χ3v) is 3.11. The Morgan fingerprint density at radius 3 is 2.52 bits per heavy atom. The number of nitrogen functional groups attached to an aromatic ring is 1. The van der Waals surface area contributed by atoms with Gasteiger partial charge in [-0.25, -0.2) is 0 Å². The van der Waals surface area contributed by atoms with Crippen molar-refractivity contribution in [2.75, 3.05) is 38.3 Å². The molecule has 1 atom stereocenters. The van der Waals surface area contributed by atoms with Crippen LogP contribution in [0.4, 0.5) is 11.4 Å². The molecule has 1 aromatic carbocycles. The van der Waals surface area contributed by atoms with Crippen molar-refractivity contribution in [3.8, 4) is 5.75 Å². The van der Waals surface area contributed by atoms with E-state index in [1.54, 1.807) is 0 Å². The first-order valence-corrected chi connectivity index (χ1v) is 7.85. The van der Waals surface area contributed by atoms with Crippen molar-refractivity contribution in [2.24, 2.45) is 5.92 Å². The highest BCUT2D eigenvalue weighted by Crippen LogP contribution is 2.24. The molecule has 0 aliphatic carbocycles. The summed E-state index contributed by atoms with van der Waals surface area (Å²) in [6.45, 7) is 8.31. The summed E-state index contributed by atoms with van der Waals surface area (Å²) in [5, 5.41) is 3.60. The molecule has 120 valence electrons. The molecule has 4 heteroatoms. The van der Waals surface area contributed by atoms with Crippen LogP contribution in [0, 0.1) is 5.92 Å². The molecule has 3 N–H and O–H groups in total. The number of hydrogen-bond donors (Lipinski definition) is 2. The summed E-state index contributed by atoms with van der Waals surface area (Å²) in [5.41, 5.74) is 7.75. The van der Waals surface area contributed by atoms with Crippen molar-refractivity contribution in [1.29, 1.82) is 0 Å². The lowest BCUT2D eigenvalue weighted by Gasteiger charge is -2.25. The molecule has 1 aromatic rings. The smallest absolute Gasteiger partial charge is 0.123 e. The van der Waals surface area contributed by atoms with Crippen molar-refractivity contribution in [1.82, 2.24) is 4.90 Å². The maximum atomic E-state index is 5.98. The fourth-order valence-electron chi connectivity index (χ4n) is 2.43. The summed E-state index contributed by atoms with van der Waals surface area (Å²) in [4.78, 5) is 2.21. The number of benzene rings is 1. The zero-order valence-corrected chi connectivity index (χ0v) is 14.1. The highest BCUT2D eigenvalue weighted by atomic mass is 16.5. The molecule has 1 unspecified atom stereocenters. The van der Waals surface area contributed by atoms with E-state index in [2.05, 4.69) is 45.1 Å². The highest BCUT2D eigenvalue weighted by molar-refractivity contribution is 5.59. The number of nitrogens with one attached hydrogen (secondary N) is 1. The third-order valence-electron chi connectivity index (χ3n) is 3.11. The van der Waals surface area contributed by atoms with Gasteiger partial charge < -0.3 is 20.7 Å². The summed E-state index contributed by atoms with van der Waals surface area (Å²) >= 11 is 0. The van der Waals surface area contributed by atoms with E-state index < -0.39 is 0 Å². The SMILES string of the molecule is CCCOc1cc(N)cc(NC(CC(C)C)CN(C)C)c1. The molecule has 21 heavy (non-hydrogen) atoms. The first-order chi connectivity index (χ1) is 9.90. The molecule has 0 bridgehead atoms. The Hall–Kier alpha value is -1.42. The van der Waals surface area contributed by atoms with Crippen LogP contribution in [0.3, 0.4) is 0 Å². The van der Waals surface area contributed by atoms with Gasteiger partial charge in [0.2, 0.25) is 0 Å². The molecule has 0 spiro atoms. The Balaban J connectivity index is 2.78. The second-order valence-corrected chi connectivity index (χ2v) is 6.37. The number of rotatable bonds is 9. The molecule has 0 aliphatic heterocycles. The Bertz CT molecular complexity index is 408. The zero-order valence-electron chi connectivity index (χ0n) is 14.1. The minimum Gasteiger partial charge on any atom is -0.493 e. The first-order valence-electron chi connectivity index (χ1n) is 7.85. The van der Waals surface area contributed by atoms with E-state index >= 15 is 0 Å². The van der Waals surface area contributed by atoms with Gasteiger partial charge in [-0.3, -0.25) is 0 Å². The fraction of sp³-hybridized carbons (Fsp3) is 0.647. The summed E-state index contributed by atoms with van der Waals surface area (Å²) in [6, 6.07) is 6.29. The molecule has 0 amide bonds. The quantitative estimate of drug-likeness (QED) is 0.685. The summed E-state index contributed by atoms with van der Waals surface area (Å²) in [7, 11) is 4.20. The van der Waals surface area contributed by atoms with E-state index in [9.17, 15) is 0 Å². The van der Waals surface area contributed by atoms with E-state index in [0.29, 0.717) is 12.0 Å². The molecule has 4 nitrogen and oxygen atoms in total. The molecule has 0 radical (unpaired) electrons. The monoisotopic (exact) mass is 293 g/mol. The number of hydrogen-bond acceptors (Lipinski definition) is 4. The first kappa shape index (κ1) is 17.6. The van der Waals surface area contributed by atoms with Gasteiger partial charge in [0.15, 0.2) is 0 Å². The van der Waals surface area contributed by atoms with E-state index in [1.165, 1.54) is 0 Å². The van der Waals surface area contributed by atoms with Gasteiger partial charge >= 0.3 is 0 Å². The van der Waals surface area contributed by atoms with Crippen LogP contribution in [0.5, 0.6) is 5.75 Å². The van der Waals surface area contributed by atoms with Crippen LogP contribution in [0.25, 0.3) is 0 Å². The number of likely N-dealkylation sites (N-methyl/N-ethyl adjacent to an activating group) is 1. The Morgan fingerprint density at radius 1 is 1.24 bits per heavy atom. The Morgan fingerprint density at radius 2 is 1.95 bits per heavy atom. The molecule has 1 rings (SSSR count). The Labute approximate surface area is 129 Å². The normalized spacial score (nSPS) is 12.7. The molecule has 0 saturated heterocycles. The van der Waals surface area contributed by atoms with Gasteiger partial charge in [-0.1, -0.05) is 20.8 Å². The largest absolute Gasteiger partial charge is 0.493 e. The number of nitrogens with two attached hydrogens (primary N) is 1. The highest BCUT2D eigenvalue weighted by Gasteiger charge is 2.13. The lowest BCUT2D eigenvalue weighted by Crippen LogP contribution is -2.33. The van der Waals surface area contributed by atoms with E-state index in [-0.39, 0.29) is 0 Å². The van der Waals surface area contributed by atoms with Gasteiger partial charge in [0.05, 0.1) is 6.61 Å². The van der Waals surface area contributed by atoms with Crippen molar-refractivity contribution >= 4 is 11.4 Å². The van der Waals surface area contributed by atoms with Crippen molar-refractivity contribution in [3.63, 3.8) is 0 Å². The van der Waals surface area contributed by atoms with Gasteiger partial charge in [0, 0.05) is 36.1 Å². The predicted octanol–water partition coefficient (Wildman–Crippen LogP) is 3.45. The van der Waals surface area contributed by atoms with Gasteiger partial charge in [-0.05, 0) is 38.9 Å². The van der Waals surface area contributed by atoms with Crippen LogP contribution < -0.4 is 15.8 Å².